The standard InChI is InChI=1S/C13H19NO2/c1-8(15)12-11-10(7-14(12)9(2)16)13(11)5-3-4-6-13/h10-12H,3-7H2,1-2H3/t10-,11-,12+/m0/s1. The topological polar surface area (TPSA) is 37.4 Å². The number of hydrogen-bond acceptors (Lipinski definition) is 2. The fourth-order valence-electron chi connectivity index (χ4n) is 4.50. The molecule has 3 aliphatic rings. The Morgan fingerprint density at radius 1 is 1.19 bits per heavy atom. The van der Waals surface area contributed by atoms with Gasteiger partial charge in [-0.1, -0.05) is 12.8 Å². The molecule has 0 aromatic rings. The Morgan fingerprint density at radius 3 is 2.31 bits per heavy atom. The zero-order chi connectivity index (χ0) is 11.5. The first-order chi connectivity index (χ1) is 7.58. The van der Waals surface area contributed by atoms with Crippen LogP contribution in [0.4, 0.5) is 0 Å². The van der Waals surface area contributed by atoms with Gasteiger partial charge in [-0.2, -0.15) is 0 Å². The number of ketones is 1. The molecular weight excluding hydrogens is 202 g/mol. The van der Waals surface area contributed by atoms with Crippen molar-refractivity contribution in [3.8, 4) is 0 Å². The van der Waals surface area contributed by atoms with Gasteiger partial charge >= 0.3 is 0 Å². The lowest BCUT2D eigenvalue weighted by Crippen LogP contribution is -2.43. The van der Waals surface area contributed by atoms with Crippen LogP contribution < -0.4 is 0 Å². The van der Waals surface area contributed by atoms with Crippen molar-refractivity contribution < 1.29 is 9.59 Å². The molecule has 3 fully saturated rings. The van der Waals surface area contributed by atoms with E-state index in [0.717, 1.165) is 6.54 Å². The minimum absolute atomic E-state index is 0.0700. The Kier molecular flexibility index (Phi) is 1.99. The summed E-state index contributed by atoms with van der Waals surface area (Å²) >= 11 is 0. The third-order valence-corrected chi connectivity index (χ3v) is 5.15. The summed E-state index contributed by atoms with van der Waals surface area (Å²) in [4.78, 5) is 25.1. The van der Waals surface area contributed by atoms with E-state index < -0.39 is 0 Å². The first-order valence-electron chi connectivity index (χ1n) is 6.35. The van der Waals surface area contributed by atoms with E-state index in [0.29, 0.717) is 17.3 Å². The van der Waals surface area contributed by atoms with Gasteiger partial charge in [-0.25, -0.2) is 0 Å². The van der Waals surface area contributed by atoms with Gasteiger partial charge in [-0.3, -0.25) is 9.59 Å². The molecule has 0 bridgehead atoms. The van der Waals surface area contributed by atoms with Crippen LogP contribution in [0.5, 0.6) is 0 Å². The summed E-state index contributed by atoms with van der Waals surface area (Å²) in [7, 11) is 0. The van der Waals surface area contributed by atoms with Crippen LogP contribution in [-0.2, 0) is 9.59 Å². The van der Waals surface area contributed by atoms with Gasteiger partial charge in [0.2, 0.25) is 5.91 Å². The number of rotatable bonds is 1. The van der Waals surface area contributed by atoms with Crippen molar-refractivity contribution in [2.75, 3.05) is 6.54 Å². The highest BCUT2D eigenvalue weighted by molar-refractivity contribution is 5.88. The normalized spacial score (nSPS) is 38.9. The number of fused-ring (bicyclic) bond motifs is 3. The predicted molar refractivity (Wildman–Crippen MR) is 59.7 cm³/mol. The molecule has 1 amide bonds. The van der Waals surface area contributed by atoms with Crippen molar-refractivity contribution in [1.29, 1.82) is 0 Å². The first-order valence-corrected chi connectivity index (χ1v) is 6.35. The number of piperidine rings is 1. The molecule has 1 heterocycles. The third kappa shape index (κ3) is 1.09. The molecule has 0 N–H and O–H groups in total. The molecule has 1 spiro atoms. The highest BCUT2D eigenvalue weighted by Gasteiger charge is 2.72. The number of likely N-dealkylation sites (tertiary alicyclic amines) is 1. The second-order valence-electron chi connectivity index (χ2n) is 5.80. The molecule has 1 aliphatic heterocycles. The number of carbonyl (C=O) groups is 2. The van der Waals surface area contributed by atoms with Gasteiger partial charge in [-0.05, 0) is 37.0 Å². The van der Waals surface area contributed by atoms with Gasteiger partial charge in [0, 0.05) is 13.5 Å². The molecule has 3 heteroatoms. The Morgan fingerprint density at radius 2 is 1.81 bits per heavy atom. The maximum Gasteiger partial charge on any atom is 0.220 e. The Hall–Kier alpha value is -0.860. The van der Waals surface area contributed by atoms with E-state index in [2.05, 4.69) is 0 Å². The molecule has 16 heavy (non-hydrogen) atoms. The number of nitrogens with zero attached hydrogens (tertiary/aromatic N) is 1. The first kappa shape index (κ1) is 10.3. The van der Waals surface area contributed by atoms with E-state index in [1.54, 1.807) is 18.7 Å². The van der Waals surface area contributed by atoms with Crippen molar-refractivity contribution in [3.63, 3.8) is 0 Å². The van der Waals surface area contributed by atoms with Crippen LogP contribution in [0.15, 0.2) is 0 Å². The van der Waals surface area contributed by atoms with Gasteiger partial charge in [0.05, 0.1) is 6.04 Å². The van der Waals surface area contributed by atoms with Crippen molar-refractivity contribution in [3.05, 3.63) is 0 Å². The average molecular weight is 221 g/mol. The van der Waals surface area contributed by atoms with Gasteiger partial charge < -0.3 is 4.90 Å². The maximum atomic E-state index is 11.7. The van der Waals surface area contributed by atoms with Crippen LogP contribution in [0.2, 0.25) is 0 Å². The van der Waals surface area contributed by atoms with E-state index in [9.17, 15) is 9.59 Å². The van der Waals surface area contributed by atoms with Crippen molar-refractivity contribution in [2.45, 2.75) is 45.6 Å². The second-order valence-corrected chi connectivity index (χ2v) is 5.80. The molecule has 2 aliphatic carbocycles. The summed E-state index contributed by atoms with van der Waals surface area (Å²) in [6.45, 7) is 4.07. The van der Waals surface area contributed by atoms with E-state index >= 15 is 0 Å². The third-order valence-electron chi connectivity index (χ3n) is 5.15. The van der Waals surface area contributed by atoms with Crippen molar-refractivity contribution in [2.24, 2.45) is 17.3 Å². The van der Waals surface area contributed by atoms with E-state index in [1.165, 1.54) is 25.7 Å². The van der Waals surface area contributed by atoms with Gasteiger partial charge in [0.25, 0.3) is 0 Å². The lowest BCUT2D eigenvalue weighted by atomic mass is 9.93. The molecular formula is C13H19NO2. The lowest BCUT2D eigenvalue weighted by molar-refractivity contribution is -0.137. The molecule has 88 valence electrons. The highest BCUT2D eigenvalue weighted by atomic mass is 16.2. The fourth-order valence-corrected chi connectivity index (χ4v) is 4.50. The van der Waals surface area contributed by atoms with Crippen molar-refractivity contribution in [1.82, 2.24) is 4.90 Å². The summed E-state index contributed by atoms with van der Waals surface area (Å²) in [6.07, 6.45) is 5.21. The summed E-state index contributed by atoms with van der Waals surface area (Å²) in [6, 6.07) is -0.0967. The molecule has 2 saturated carbocycles. The second kappa shape index (κ2) is 3.08. The Labute approximate surface area is 96.2 Å². The number of Topliss-reactive ketones (excluding diaryl/α,β-unsaturated/α-hetero) is 1. The molecule has 3 nitrogen and oxygen atoms in total. The minimum atomic E-state index is -0.0967. The minimum Gasteiger partial charge on any atom is -0.332 e. The average Bonchev–Trinajstić information content (AvgIpc) is 2.60. The Balaban J connectivity index is 1.86. The van der Waals surface area contributed by atoms with Crippen LogP contribution in [-0.4, -0.2) is 29.2 Å². The largest absolute Gasteiger partial charge is 0.332 e. The van der Waals surface area contributed by atoms with Gasteiger partial charge in [0.1, 0.15) is 0 Å². The van der Waals surface area contributed by atoms with Gasteiger partial charge in [-0.15, -0.1) is 0 Å². The summed E-state index contributed by atoms with van der Waals surface area (Å²) in [5.74, 6) is 1.39. The quantitative estimate of drug-likeness (QED) is 0.674. The molecule has 0 aromatic heterocycles. The molecule has 3 rings (SSSR count). The number of amides is 1. The molecule has 1 saturated heterocycles. The zero-order valence-corrected chi connectivity index (χ0v) is 10.0. The molecule has 0 aromatic carbocycles. The Bertz CT molecular complexity index is 357. The van der Waals surface area contributed by atoms with Crippen LogP contribution in [0.25, 0.3) is 0 Å². The molecule has 0 radical (unpaired) electrons. The number of carbonyl (C=O) groups excluding carboxylic acids is 2. The van der Waals surface area contributed by atoms with Crippen molar-refractivity contribution >= 4 is 11.7 Å². The summed E-state index contributed by atoms with van der Waals surface area (Å²) in [5.41, 5.74) is 0.461. The maximum absolute atomic E-state index is 11.7. The highest BCUT2D eigenvalue weighted by Crippen LogP contribution is 2.72. The summed E-state index contributed by atoms with van der Waals surface area (Å²) in [5, 5.41) is 0. The smallest absolute Gasteiger partial charge is 0.220 e. The van der Waals surface area contributed by atoms with Crippen LogP contribution in [0, 0.1) is 17.3 Å². The molecule has 0 unspecified atom stereocenters. The van der Waals surface area contributed by atoms with E-state index in [1.807, 2.05) is 0 Å². The van der Waals surface area contributed by atoms with Crippen LogP contribution in [0.1, 0.15) is 39.5 Å². The number of hydrogen-bond donors (Lipinski definition) is 0. The lowest BCUT2D eigenvalue weighted by Gasteiger charge is -2.29. The monoisotopic (exact) mass is 221 g/mol. The SMILES string of the molecule is CC(=O)[C@@H]1[C@@H]2[C@H](CN1C(C)=O)C21CCCC1. The van der Waals surface area contributed by atoms with Crippen LogP contribution >= 0.6 is 0 Å². The van der Waals surface area contributed by atoms with Crippen LogP contribution in [0.3, 0.4) is 0 Å². The molecule has 3 atom stereocenters. The van der Waals surface area contributed by atoms with Gasteiger partial charge in [0.15, 0.2) is 5.78 Å². The predicted octanol–water partition coefficient (Wildman–Crippen LogP) is 1.61. The zero-order valence-electron chi connectivity index (χ0n) is 10.0. The van der Waals surface area contributed by atoms with E-state index in [-0.39, 0.29) is 17.7 Å². The fraction of sp³-hybridized carbons (Fsp3) is 0.846. The van der Waals surface area contributed by atoms with E-state index in [4.69, 9.17) is 0 Å². The summed E-state index contributed by atoms with van der Waals surface area (Å²) < 4.78 is 0.